The fourth-order valence-corrected chi connectivity index (χ4v) is 0.650. The quantitative estimate of drug-likeness (QED) is 0.533. The third-order valence-corrected chi connectivity index (χ3v) is 1.59. The van der Waals surface area contributed by atoms with Crippen LogP contribution in [-0.4, -0.2) is 17.9 Å². The molecular formula is C8H15NO. The predicted octanol–water partition coefficient (Wildman–Crippen LogP) is 1.63. The van der Waals surface area contributed by atoms with Crippen LogP contribution < -0.4 is 0 Å². The van der Waals surface area contributed by atoms with Crippen molar-refractivity contribution in [3.8, 4) is 0 Å². The predicted molar refractivity (Wildman–Crippen MR) is 42.4 cm³/mol. The molecule has 10 heavy (non-hydrogen) atoms. The number of nitrogens with zero attached hydrogens (tertiary/aromatic N) is 1. The summed E-state index contributed by atoms with van der Waals surface area (Å²) in [5.41, 5.74) is 0. The molecule has 0 aromatic rings. The smallest absolute Gasteiger partial charge is 0.213 e. The highest BCUT2D eigenvalue weighted by Crippen LogP contribution is 2.01. The number of carbonyl (C=O) groups excluding carboxylic acids is 1. The van der Waals surface area contributed by atoms with Gasteiger partial charge in [0.15, 0.2) is 0 Å². The molecule has 0 aliphatic heterocycles. The standard InChI is InChI=1S/C8H15NO/c1-4-8(3)6-9(5-2)7-10/h5,7-8H,2,4,6H2,1,3H3/t8-/m0/s1. The monoisotopic (exact) mass is 141 g/mol. The maximum atomic E-state index is 10.2. The van der Waals surface area contributed by atoms with E-state index in [0.717, 1.165) is 19.4 Å². The fourth-order valence-electron chi connectivity index (χ4n) is 0.650. The third kappa shape index (κ3) is 3.28. The van der Waals surface area contributed by atoms with E-state index in [1.807, 2.05) is 0 Å². The molecule has 0 aromatic heterocycles. The summed E-state index contributed by atoms with van der Waals surface area (Å²) >= 11 is 0. The Kier molecular flexibility index (Phi) is 4.63. The molecule has 2 nitrogen and oxygen atoms in total. The van der Waals surface area contributed by atoms with E-state index >= 15 is 0 Å². The highest BCUT2D eigenvalue weighted by molar-refractivity contribution is 5.48. The second-order valence-electron chi connectivity index (χ2n) is 2.50. The Morgan fingerprint density at radius 3 is 2.60 bits per heavy atom. The van der Waals surface area contributed by atoms with Crippen LogP contribution in [0, 0.1) is 5.92 Å². The van der Waals surface area contributed by atoms with Gasteiger partial charge in [0.2, 0.25) is 6.41 Å². The Hall–Kier alpha value is -0.790. The molecule has 0 aliphatic carbocycles. The van der Waals surface area contributed by atoms with Gasteiger partial charge in [-0.1, -0.05) is 26.8 Å². The van der Waals surface area contributed by atoms with Crippen molar-refractivity contribution in [2.24, 2.45) is 5.92 Å². The summed E-state index contributed by atoms with van der Waals surface area (Å²) in [4.78, 5) is 11.8. The SMILES string of the molecule is C=CN(C=O)C[C@@H](C)CC. The first-order valence-electron chi connectivity index (χ1n) is 3.58. The average molecular weight is 141 g/mol. The lowest BCUT2D eigenvalue weighted by atomic mass is 10.1. The van der Waals surface area contributed by atoms with E-state index in [9.17, 15) is 4.79 Å². The summed E-state index contributed by atoms with van der Waals surface area (Å²) in [5.74, 6) is 0.559. The first-order chi connectivity index (χ1) is 4.74. The lowest BCUT2D eigenvalue weighted by Crippen LogP contribution is -2.20. The Bertz CT molecular complexity index is 104. The molecule has 0 radical (unpaired) electrons. The lowest BCUT2D eigenvalue weighted by molar-refractivity contribution is -0.116. The zero-order valence-electron chi connectivity index (χ0n) is 6.71. The molecule has 2 heteroatoms. The first-order valence-corrected chi connectivity index (χ1v) is 3.58. The topological polar surface area (TPSA) is 20.3 Å². The Morgan fingerprint density at radius 1 is 1.70 bits per heavy atom. The van der Waals surface area contributed by atoms with E-state index in [4.69, 9.17) is 0 Å². The van der Waals surface area contributed by atoms with Crippen molar-refractivity contribution in [1.29, 1.82) is 0 Å². The second kappa shape index (κ2) is 5.03. The number of hydrogen-bond donors (Lipinski definition) is 0. The van der Waals surface area contributed by atoms with Gasteiger partial charge in [0.25, 0.3) is 0 Å². The molecule has 58 valence electrons. The largest absolute Gasteiger partial charge is 0.322 e. The maximum Gasteiger partial charge on any atom is 0.213 e. The van der Waals surface area contributed by atoms with Gasteiger partial charge in [0.05, 0.1) is 0 Å². The van der Waals surface area contributed by atoms with Crippen LogP contribution in [0.1, 0.15) is 20.3 Å². The van der Waals surface area contributed by atoms with Crippen LogP contribution >= 0.6 is 0 Å². The minimum absolute atomic E-state index is 0.559. The molecule has 0 rings (SSSR count). The van der Waals surface area contributed by atoms with Crippen molar-refractivity contribution in [2.75, 3.05) is 6.54 Å². The van der Waals surface area contributed by atoms with Gasteiger partial charge in [-0.2, -0.15) is 0 Å². The normalized spacial score (nSPS) is 12.2. The van der Waals surface area contributed by atoms with E-state index in [-0.39, 0.29) is 0 Å². The summed E-state index contributed by atoms with van der Waals surface area (Å²) < 4.78 is 0. The minimum Gasteiger partial charge on any atom is -0.322 e. The van der Waals surface area contributed by atoms with Gasteiger partial charge >= 0.3 is 0 Å². The molecule has 0 bridgehead atoms. The van der Waals surface area contributed by atoms with Crippen molar-refractivity contribution in [3.63, 3.8) is 0 Å². The molecule has 1 atom stereocenters. The van der Waals surface area contributed by atoms with Crippen LogP contribution in [0.3, 0.4) is 0 Å². The van der Waals surface area contributed by atoms with Crippen molar-refractivity contribution in [3.05, 3.63) is 12.8 Å². The zero-order chi connectivity index (χ0) is 7.98. The van der Waals surface area contributed by atoms with Crippen molar-refractivity contribution in [1.82, 2.24) is 4.90 Å². The molecule has 0 aliphatic rings. The summed E-state index contributed by atoms with van der Waals surface area (Å²) in [6.45, 7) is 8.51. The molecule has 0 N–H and O–H groups in total. The van der Waals surface area contributed by atoms with Crippen LogP contribution in [0.2, 0.25) is 0 Å². The van der Waals surface area contributed by atoms with E-state index in [2.05, 4.69) is 20.4 Å². The molecule has 0 fully saturated rings. The number of hydrogen-bond acceptors (Lipinski definition) is 1. The van der Waals surface area contributed by atoms with E-state index in [0.29, 0.717) is 5.92 Å². The zero-order valence-corrected chi connectivity index (χ0v) is 6.71. The highest BCUT2D eigenvalue weighted by atomic mass is 16.1. The first kappa shape index (κ1) is 9.21. The Labute approximate surface area is 62.5 Å². The van der Waals surface area contributed by atoms with Crippen molar-refractivity contribution < 1.29 is 4.79 Å². The summed E-state index contributed by atoms with van der Waals surface area (Å²) in [6, 6.07) is 0. The number of rotatable bonds is 5. The Balaban J connectivity index is 3.61. The molecule has 0 heterocycles. The van der Waals surface area contributed by atoms with Gasteiger partial charge in [0, 0.05) is 6.54 Å². The van der Waals surface area contributed by atoms with Crippen LogP contribution in [-0.2, 0) is 4.79 Å². The molecule has 0 unspecified atom stereocenters. The minimum atomic E-state index is 0.559. The van der Waals surface area contributed by atoms with Gasteiger partial charge in [-0.05, 0) is 12.1 Å². The Morgan fingerprint density at radius 2 is 2.30 bits per heavy atom. The van der Waals surface area contributed by atoms with Crippen LogP contribution in [0.5, 0.6) is 0 Å². The van der Waals surface area contributed by atoms with E-state index < -0.39 is 0 Å². The van der Waals surface area contributed by atoms with E-state index in [1.165, 1.54) is 0 Å². The molecule has 0 spiro atoms. The summed E-state index contributed by atoms with van der Waals surface area (Å²) in [7, 11) is 0. The van der Waals surface area contributed by atoms with Crippen LogP contribution in [0.25, 0.3) is 0 Å². The average Bonchev–Trinajstić information content (AvgIpc) is 1.99. The van der Waals surface area contributed by atoms with E-state index in [1.54, 1.807) is 11.1 Å². The van der Waals surface area contributed by atoms with Gasteiger partial charge in [-0.3, -0.25) is 4.79 Å². The third-order valence-electron chi connectivity index (χ3n) is 1.59. The van der Waals surface area contributed by atoms with Gasteiger partial charge in [0.1, 0.15) is 0 Å². The maximum absolute atomic E-state index is 10.2. The summed E-state index contributed by atoms with van der Waals surface area (Å²) in [5, 5.41) is 0. The molecular weight excluding hydrogens is 126 g/mol. The lowest BCUT2D eigenvalue weighted by Gasteiger charge is -2.15. The van der Waals surface area contributed by atoms with Crippen molar-refractivity contribution in [2.45, 2.75) is 20.3 Å². The number of carbonyl (C=O) groups is 1. The fraction of sp³-hybridized carbons (Fsp3) is 0.625. The van der Waals surface area contributed by atoms with Gasteiger partial charge in [-0.25, -0.2) is 0 Å². The molecule has 0 aromatic carbocycles. The van der Waals surface area contributed by atoms with Crippen LogP contribution in [0.15, 0.2) is 12.8 Å². The second-order valence-corrected chi connectivity index (χ2v) is 2.50. The molecule has 0 saturated heterocycles. The highest BCUT2D eigenvalue weighted by Gasteiger charge is 2.01. The van der Waals surface area contributed by atoms with Crippen molar-refractivity contribution >= 4 is 6.41 Å². The van der Waals surface area contributed by atoms with Gasteiger partial charge < -0.3 is 4.90 Å². The summed E-state index contributed by atoms with van der Waals surface area (Å²) in [6.07, 6.45) is 3.45. The van der Waals surface area contributed by atoms with Crippen LogP contribution in [0.4, 0.5) is 0 Å². The molecule has 1 amide bonds. The number of amides is 1. The van der Waals surface area contributed by atoms with Gasteiger partial charge in [-0.15, -0.1) is 0 Å². The molecule has 0 saturated carbocycles.